The summed E-state index contributed by atoms with van der Waals surface area (Å²) in [6, 6.07) is 13.6. The van der Waals surface area contributed by atoms with Crippen LogP contribution in [0.3, 0.4) is 0 Å². The lowest BCUT2D eigenvalue weighted by atomic mass is 10.0. The second-order valence-corrected chi connectivity index (χ2v) is 6.52. The maximum absolute atomic E-state index is 12.4. The number of imidazole rings is 1. The number of nitro benzene ring substituents is 1. The van der Waals surface area contributed by atoms with Crippen molar-refractivity contribution in [3.8, 4) is 0 Å². The van der Waals surface area contributed by atoms with Gasteiger partial charge in [-0.15, -0.1) is 0 Å². The molecule has 0 spiro atoms. The highest BCUT2D eigenvalue weighted by Gasteiger charge is 2.21. The Morgan fingerprint density at radius 3 is 2.59 bits per heavy atom. The fraction of sp³-hybridized carbons (Fsp3) is 0.200. The molecule has 1 amide bonds. The third-order valence-electron chi connectivity index (χ3n) is 4.21. The third-order valence-corrected chi connectivity index (χ3v) is 4.21. The Bertz CT molecular complexity index is 974. The third kappa shape index (κ3) is 4.20. The van der Waals surface area contributed by atoms with Crippen molar-refractivity contribution < 1.29 is 9.72 Å². The van der Waals surface area contributed by atoms with Crippen molar-refractivity contribution >= 4 is 28.7 Å². The molecule has 138 valence electrons. The number of amides is 1. The molecule has 2 N–H and O–H groups in total. The minimum atomic E-state index is -0.469. The van der Waals surface area contributed by atoms with Gasteiger partial charge in [0, 0.05) is 12.1 Å². The fourth-order valence-corrected chi connectivity index (χ4v) is 2.83. The Balaban J connectivity index is 1.79. The molecule has 1 heterocycles. The number of aromatic amines is 1. The summed E-state index contributed by atoms with van der Waals surface area (Å²) < 4.78 is 0. The van der Waals surface area contributed by atoms with Crippen molar-refractivity contribution in [1.29, 1.82) is 0 Å². The summed E-state index contributed by atoms with van der Waals surface area (Å²) >= 11 is 0. The monoisotopic (exact) mass is 364 g/mol. The molecule has 2 aromatic carbocycles. The molecule has 3 rings (SSSR count). The molecular formula is C20H20N4O3. The second-order valence-electron chi connectivity index (χ2n) is 6.52. The molecule has 0 radical (unpaired) electrons. The van der Waals surface area contributed by atoms with Crippen molar-refractivity contribution in [3.63, 3.8) is 0 Å². The first-order chi connectivity index (χ1) is 13.0. The van der Waals surface area contributed by atoms with E-state index >= 15 is 0 Å². The highest BCUT2D eigenvalue weighted by Crippen LogP contribution is 2.23. The number of nitrogens with zero attached hydrogens (tertiary/aromatic N) is 2. The zero-order valence-electron chi connectivity index (χ0n) is 15.0. The lowest BCUT2D eigenvalue weighted by Gasteiger charge is -2.19. The van der Waals surface area contributed by atoms with E-state index in [1.165, 1.54) is 18.2 Å². The smallest absolute Gasteiger partial charge is 0.276 e. The molecule has 0 bridgehead atoms. The van der Waals surface area contributed by atoms with E-state index in [0.717, 1.165) is 11.0 Å². The number of nitro groups is 1. The molecule has 1 unspecified atom stereocenters. The van der Waals surface area contributed by atoms with Crippen LogP contribution in [-0.2, 0) is 4.79 Å². The van der Waals surface area contributed by atoms with Gasteiger partial charge in [-0.25, -0.2) is 4.98 Å². The number of nitrogens with one attached hydrogen (secondary N) is 2. The minimum absolute atomic E-state index is 0.0424. The molecule has 3 aromatic rings. The van der Waals surface area contributed by atoms with Crippen LogP contribution >= 0.6 is 0 Å². The van der Waals surface area contributed by atoms with Crippen LogP contribution in [0.2, 0.25) is 0 Å². The van der Waals surface area contributed by atoms with Crippen LogP contribution < -0.4 is 5.32 Å². The molecule has 0 aliphatic rings. The highest BCUT2D eigenvalue weighted by molar-refractivity contribution is 5.92. The average Bonchev–Trinajstić information content (AvgIpc) is 3.08. The summed E-state index contributed by atoms with van der Waals surface area (Å²) in [6.45, 7) is 3.98. The van der Waals surface area contributed by atoms with E-state index in [4.69, 9.17) is 0 Å². The minimum Gasteiger partial charge on any atom is -0.342 e. The molecular weight excluding hydrogens is 344 g/mol. The first-order valence-electron chi connectivity index (χ1n) is 8.62. The number of carbonyl (C=O) groups is 1. The van der Waals surface area contributed by atoms with Gasteiger partial charge in [-0.3, -0.25) is 14.9 Å². The number of fused-ring (bicyclic) bond motifs is 1. The molecule has 0 fully saturated rings. The second kappa shape index (κ2) is 7.82. The number of rotatable bonds is 6. The van der Waals surface area contributed by atoms with Crippen LogP contribution in [0.1, 0.15) is 31.3 Å². The van der Waals surface area contributed by atoms with Gasteiger partial charge in [0.2, 0.25) is 5.91 Å². The number of H-pyrrole nitrogens is 1. The maximum atomic E-state index is 12.4. The van der Waals surface area contributed by atoms with Crippen molar-refractivity contribution in [2.75, 3.05) is 0 Å². The van der Waals surface area contributed by atoms with E-state index in [0.29, 0.717) is 11.4 Å². The Morgan fingerprint density at radius 1 is 1.19 bits per heavy atom. The van der Waals surface area contributed by atoms with Crippen LogP contribution in [0.15, 0.2) is 54.6 Å². The lowest BCUT2D eigenvalue weighted by Crippen LogP contribution is -2.31. The Kier molecular flexibility index (Phi) is 5.30. The zero-order chi connectivity index (χ0) is 19.4. The first-order valence-corrected chi connectivity index (χ1v) is 8.62. The van der Waals surface area contributed by atoms with Crippen molar-refractivity contribution in [2.45, 2.75) is 19.9 Å². The van der Waals surface area contributed by atoms with E-state index in [-0.39, 0.29) is 23.6 Å². The Hall–Kier alpha value is -3.48. The van der Waals surface area contributed by atoms with Crippen molar-refractivity contribution in [1.82, 2.24) is 15.3 Å². The predicted molar refractivity (Wildman–Crippen MR) is 104 cm³/mol. The van der Waals surface area contributed by atoms with E-state index in [1.807, 2.05) is 38.1 Å². The molecule has 0 aliphatic heterocycles. The van der Waals surface area contributed by atoms with Crippen LogP contribution in [-0.4, -0.2) is 20.8 Å². The summed E-state index contributed by atoms with van der Waals surface area (Å²) in [5, 5.41) is 14.0. The van der Waals surface area contributed by atoms with Gasteiger partial charge in [0.15, 0.2) is 0 Å². The molecule has 0 saturated carbocycles. The number of para-hydroxylation sites is 3. The Labute approximate surface area is 156 Å². The molecule has 27 heavy (non-hydrogen) atoms. The summed E-state index contributed by atoms with van der Waals surface area (Å²) in [6.07, 6.45) is 2.75. The van der Waals surface area contributed by atoms with Crippen LogP contribution in [0.5, 0.6) is 0 Å². The van der Waals surface area contributed by atoms with Crippen LogP contribution in [0, 0.1) is 16.0 Å². The van der Waals surface area contributed by atoms with E-state index in [1.54, 1.807) is 18.2 Å². The van der Waals surface area contributed by atoms with Gasteiger partial charge in [-0.2, -0.15) is 0 Å². The normalized spacial score (nSPS) is 12.6. The van der Waals surface area contributed by atoms with E-state index in [9.17, 15) is 14.9 Å². The number of carbonyl (C=O) groups excluding carboxylic acids is 1. The van der Waals surface area contributed by atoms with Gasteiger partial charge >= 0.3 is 0 Å². The number of aromatic nitrogens is 2. The van der Waals surface area contributed by atoms with Gasteiger partial charge in [0.05, 0.1) is 27.6 Å². The summed E-state index contributed by atoms with van der Waals surface area (Å²) in [5.74, 6) is 0.444. The fourth-order valence-electron chi connectivity index (χ4n) is 2.83. The van der Waals surface area contributed by atoms with E-state index < -0.39 is 4.92 Å². The lowest BCUT2D eigenvalue weighted by molar-refractivity contribution is -0.385. The number of benzene rings is 2. The molecule has 0 aliphatic carbocycles. The topological polar surface area (TPSA) is 101 Å². The standard InChI is InChI=1S/C20H20N4O3/c1-13(2)19(20-21-15-8-4-5-9-16(15)22-20)23-18(25)12-11-14-7-3-6-10-17(14)24(26)27/h3-13,19H,1-2H3,(H,21,22)(H,23,25)/b12-11+. The predicted octanol–water partition coefficient (Wildman–Crippen LogP) is 4.00. The van der Waals surface area contributed by atoms with Gasteiger partial charge < -0.3 is 10.3 Å². The molecule has 7 nitrogen and oxygen atoms in total. The summed E-state index contributed by atoms with van der Waals surface area (Å²) in [7, 11) is 0. The van der Waals surface area contributed by atoms with Gasteiger partial charge in [0.25, 0.3) is 5.69 Å². The zero-order valence-corrected chi connectivity index (χ0v) is 15.0. The highest BCUT2D eigenvalue weighted by atomic mass is 16.6. The number of hydrogen-bond donors (Lipinski definition) is 2. The number of hydrogen-bond acceptors (Lipinski definition) is 4. The molecule has 1 aromatic heterocycles. The van der Waals surface area contributed by atoms with Gasteiger partial charge in [0.1, 0.15) is 5.82 Å². The van der Waals surface area contributed by atoms with Crippen molar-refractivity contribution in [2.24, 2.45) is 5.92 Å². The molecule has 0 saturated heterocycles. The average molecular weight is 364 g/mol. The van der Waals surface area contributed by atoms with Crippen molar-refractivity contribution in [3.05, 3.63) is 76.1 Å². The van der Waals surface area contributed by atoms with Crippen LogP contribution in [0.4, 0.5) is 5.69 Å². The molecule has 7 heteroatoms. The summed E-state index contributed by atoms with van der Waals surface area (Å²) in [5.41, 5.74) is 2.08. The first kappa shape index (κ1) is 18.3. The van der Waals surface area contributed by atoms with Crippen LogP contribution in [0.25, 0.3) is 17.1 Å². The quantitative estimate of drug-likeness (QED) is 0.392. The SMILES string of the molecule is CC(C)C(NC(=O)/C=C/c1ccccc1[N+](=O)[O-])c1nc2ccccc2[nH]1. The maximum Gasteiger partial charge on any atom is 0.276 e. The molecule has 1 atom stereocenters. The van der Waals surface area contributed by atoms with Gasteiger partial charge in [-0.1, -0.05) is 38.1 Å². The Morgan fingerprint density at radius 2 is 1.89 bits per heavy atom. The largest absolute Gasteiger partial charge is 0.342 e. The van der Waals surface area contributed by atoms with Gasteiger partial charge in [-0.05, 0) is 30.2 Å². The summed E-state index contributed by atoms with van der Waals surface area (Å²) in [4.78, 5) is 30.8. The van der Waals surface area contributed by atoms with E-state index in [2.05, 4.69) is 15.3 Å².